The Kier molecular flexibility index (Phi) is 3.62. The number of ether oxygens (including phenoxy) is 1. The van der Waals surface area contributed by atoms with Gasteiger partial charge in [0.15, 0.2) is 11.4 Å². The summed E-state index contributed by atoms with van der Waals surface area (Å²) < 4.78 is 5.04. The molecule has 0 radical (unpaired) electrons. The minimum absolute atomic E-state index is 0.111. The molecule has 0 aromatic carbocycles. The van der Waals surface area contributed by atoms with Gasteiger partial charge in [-0.2, -0.15) is 0 Å². The summed E-state index contributed by atoms with van der Waals surface area (Å²) in [4.78, 5) is 11.9. The fourth-order valence-electron chi connectivity index (χ4n) is 2.63. The smallest absolute Gasteiger partial charge is 0.186 e. The lowest BCUT2D eigenvalue weighted by molar-refractivity contribution is -0.127. The summed E-state index contributed by atoms with van der Waals surface area (Å²) >= 11 is 0. The molecule has 2 unspecified atom stereocenters. The molecular formula is C12H21NO3. The fourth-order valence-corrected chi connectivity index (χ4v) is 2.63. The van der Waals surface area contributed by atoms with Crippen LogP contribution in [0.3, 0.4) is 0 Å². The Morgan fingerprint density at radius 2 is 2.06 bits per heavy atom. The van der Waals surface area contributed by atoms with Crippen molar-refractivity contribution in [1.29, 1.82) is 0 Å². The second-order valence-electron chi connectivity index (χ2n) is 5.15. The lowest BCUT2D eigenvalue weighted by atomic mass is 9.83. The van der Waals surface area contributed by atoms with E-state index in [4.69, 9.17) is 15.6 Å². The van der Waals surface area contributed by atoms with Gasteiger partial charge in [-0.05, 0) is 12.3 Å². The molecule has 92 valence electrons. The maximum absolute atomic E-state index is 11.9. The quantitative estimate of drug-likeness (QED) is 0.675. The zero-order valence-electron chi connectivity index (χ0n) is 9.65. The van der Waals surface area contributed by atoms with Gasteiger partial charge in [0.2, 0.25) is 0 Å². The highest BCUT2D eigenvalue weighted by atomic mass is 16.6. The zero-order valence-corrected chi connectivity index (χ0v) is 9.65. The van der Waals surface area contributed by atoms with Crippen LogP contribution in [0.1, 0.15) is 38.5 Å². The topological polar surface area (TPSA) is 75.9 Å². The number of aliphatic hydroxyl groups is 1. The Bertz CT molecular complexity index is 257. The molecular weight excluding hydrogens is 206 g/mol. The van der Waals surface area contributed by atoms with E-state index in [2.05, 4.69) is 0 Å². The number of hydrogen-bond acceptors (Lipinski definition) is 4. The highest BCUT2D eigenvalue weighted by molar-refractivity contribution is 5.94. The summed E-state index contributed by atoms with van der Waals surface area (Å²) in [6.07, 6.45) is 6.95. The predicted molar refractivity (Wildman–Crippen MR) is 59.9 cm³/mol. The molecule has 2 atom stereocenters. The molecule has 2 aliphatic rings. The molecule has 4 nitrogen and oxygen atoms in total. The van der Waals surface area contributed by atoms with Crippen molar-refractivity contribution in [2.45, 2.75) is 50.2 Å². The fraction of sp³-hybridized carbons (Fsp3) is 0.917. The van der Waals surface area contributed by atoms with E-state index in [0.717, 1.165) is 6.42 Å². The van der Waals surface area contributed by atoms with Crippen LogP contribution in [0.2, 0.25) is 0 Å². The van der Waals surface area contributed by atoms with E-state index in [9.17, 15) is 4.79 Å². The third kappa shape index (κ3) is 2.44. The number of nitrogens with two attached hydrogens (primary N) is 1. The van der Waals surface area contributed by atoms with Crippen molar-refractivity contribution < 1.29 is 14.6 Å². The normalized spacial score (nSPS) is 32.4. The molecule has 1 saturated carbocycles. The first kappa shape index (κ1) is 12.0. The minimum Gasteiger partial charge on any atom is -0.393 e. The van der Waals surface area contributed by atoms with Crippen molar-refractivity contribution in [2.24, 2.45) is 11.7 Å². The Morgan fingerprint density at radius 1 is 1.44 bits per heavy atom. The van der Waals surface area contributed by atoms with Crippen LogP contribution in [0, 0.1) is 5.92 Å². The number of carbonyl (C=O) groups is 1. The molecule has 2 fully saturated rings. The van der Waals surface area contributed by atoms with Crippen molar-refractivity contribution in [1.82, 2.24) is 0 Å². The molecule has 4 heteroatoms. The zero-order chi connectivity index (χ0) is 11.6. The summed E-state index contributed by atoms with van der Waals surface area (Å²) in [5.41, 5.74) is 4.97. The molecule has 3 N–H and O–H groups in total. The van der Waals surface area contributed by atoms with Crippen LogP contribution in [0.4, 0.5) is 0 Å². The third-order valence-electron chi connectivity index (χ3n) is 3.85. The van der Waals surface area contributed by atoms with Gasteiger partial charge >= 0.3 is 0 Å². The Morgan fingerprint density at radius 3 is 2.56 bits per heavy atom. The van der Waals surface area contributed by atoms with Gasteiger partial charge in [0.1, 0.15) is 0 Å². The molecule has 16 heavy (non-hydrogen) atoms. The SMILES string of the molecule is NC(CC1CCCCC1)C(=O)C1(CO)CO1. The highest BCUT2D eigenvalue weighted by Crippen LogP contribution is 2.32. The molecule has 1 saturated heterocycles. The first-order chi connectivity index (χ1) is 7.68. The summed E-state index contributed by atoms with van der Waals surface area (Å²) in [7, 11) is 0. The summed E-state index contributed by atoms with van der Waals surface area (Å²) in [5.74, 6) is 0.475. The average Bonchev–Trinajstić information content (AvgIpc) is 3.10. The van der Waals surface area contributed by atoms with Gasteiger partial charge in [0, 0.05) is 0 Å². The van der Waals surface area contributed by atoms with E-state index in [1.807, 2.05) is 0 Å². The summed E-state index contributed by atoms with van der Waals surface area (Å²) in [6.45, 7) is 0.102. The number of rotatable bonds is 5. The molecule has 0 aromatic rings. The molecule has 0 bridgehead atoms. The highest BCUT2D eigenvalue weighted by Gasteiger charge is 2.53. The second-order valence-corrected chi connectivity index (χ2v) is 5.15. The van der Waals surface area contributed by atoms with Crippen molar-refractivity contribution in [3.63, 3.8) is 0 Å². The Hall–Kier alpha value is -0.450. The van der Waals surface area contributed by atoms with E-state index < -0.39 is 11.6 Å². The van der Waals surface area contributed by atoms with E-state index in [1.54, 1.807) is 0 Å². The van der Waals surface area contributed by atoms with E-state index in [-0.39, 0.29) is 12.4 Å². The van der Waals surface area contributed by atoms with Crippen molar-refractivity contribution in [3.8, 4) is 0 Å². The maximum Gasteiger partial charge on any atom is 0.186 e. The minimum atomic E-state index is -0.936. The van der Waals surface area contributed by atoms with Gasteiger partial charge in [-0.25, -0.2) is 0 Å². The third-order valence-corrected chi connectivity index (χ3v) is 3.85. The molecule has 1 heterocycles. The number of Topliss-reactive ketones (excluding diaryl/α,β-unsaturated/α-hetero) is 1. The van der Waals surface area contributed by atoms with E-state index in [0.29, 0.717) is 12.5 Å². The van der Waals surface area contributed by atoms with Crippen LogP contribution in [0.15, 0.2) is 0 Å². The number of aliphatic hydroxyl groups excluding tert-OH is 1. The van der Waals surface area contributed by atoms with Gasteiger partial charge in [0.25, 0.3) is 0 Å². The van der Waals surface area contributed by atoms with Crippen LogP contribution in [-0.4, -0.2) is 35.7 Å². The van der Waals surface area contributed by atoms with Gasteiger partial charge in [-0.15, -0.1) is 0 Å². The van der Waals surface area contributed by atoms with Crippen molar-refractivity contribution in [3.05, 3.63) is 0 Å². The van der Waals surface area contributed by atoms with Gasteiger partial charge in [0.05, 0.1) is 19.3 Å². The molecule has 0 spiro atoms. The maximum atomic E-state index is 11.9. The lowest BCUT2D eigenvalue weighted by Gasteiger charge is -2.24. The molecule has 0 amide bonds. The van der Waals surface area contributed by atoms with Crippen LogP contribution in [0.25, 0.3) is 0 Å². The number of carbonyl (C=O) groups excluding carboxylic acids is 1. The summed E-state index contributed by atoms with van der Waals surface area (Å²) in [6, 6.07) is -0.460. The Labute approximate surface area is 96.2 Å². The molecule has 2 rings (SSSR count). The van der Waals surface area contributed by atoms with Crippen LogP contribution < -0.4 is 5.73 Å². The van der Waals surface area contributed by atoms with Gasteiger partial charge in [-0.3, -0.25) is 4.79 Å². The predicted octanol–water partition coefficient (Wildman–Crippen LogP) is 0.614. The largest absolute Gasteiger partial charge is 0.393 e. The number of ketones is 1. The Balaban J connectivity index is 1.82. The van der Waals surface area contributed by atoms with Crippen LogP contribution >= 0.6 is 0 Å². The van der Waals surface area contributed by atoms with Crippen LogP contribution in [0.5, 0.6) is 0 Å². The summed E-state index contributed by atoms with van der Waals surface area (Å²) in [5, 5.41) is 9.08. The molecule has 1 aliphatic heterocycles. The van der Waals surface area contributed by atoms with E-state index in [1.165, 1.54) is 32.1 Å². The first-order valence-corrected chi connectivity index (χ1v) is 6.23. The van der Waals surface area contributed by atoms with Gasteiger partial charge in [-0.1, -0.05) is 32.1 Å². The van der Waals surface area contributed by atoms with E-state index >= 15 is 0 Å². The van der Waals surface area contributed by atoms with Crippen molar-refractivity contribution >= 4 is 5.78 Å². The van der Waals surface area contributed by atoms with Crippen LogP contribution in [-0.2, 0) is 9.53 Å². The average molecular weight is 227 g/mol. The molecule has 1 aliphatic carbocycles. The first-order valence-electron chi connectivity index (χ1n) is 6.23. The number of epoxide rings is 1. The molecule has 0 aromatic heterocycles. The number of hydrogen-bond donors (Lipinski definition) is 2. The second kappa shape index (κ2) is 4.82. The standard InChI is InChI=1S/C12H21NO3/c13-10(6-9-4-2-1-3-5-9)11(15)12(7-14)8-16-12/h9-10,14H,1-8,13H2. The van der Waals surface area contributed by atoms with Crippen molar-refractivity contribution in [2.75, 3.05) is 13.2 Å². The van der Waals surface area contributed by atoms with Gasteiger partial charge < -0.3 is 15.6 Å². The monoisotopic (exact) mass is 227 g/mol. The lowest BCUT2D eigenvalue weighted by Crippen LogP contribution is -2.44.